The summed E-state index contributed by atoms with van der Waals surface area (Å²) in [5.74, 6) is 1.27. The van der Waals surface area contributed by atoms with Crippen LogP contribution in [0, 0.1) is 17.2 Å². The van der Waals surface area contributed by atoms with Crippen molar-refractivity contribution >= 4 is 0 Å². The van der Waals surface area contributed by atoms with E-state index in [0.29, 0.717) is 18.0 Å². The van der Waals surface area contributed by atoms with E-state index in [-0.39, 0.29) is 6.61 Å². The molecule has 19 heavy (non-hydrogen) atoms. The van der Waals surface area contributed by atoms with Gasteiger partial charge in [-0.1, -0.05) is 13.3 Å². The average molecular weight is 262 g/mol. The Morgan fingerprint density at radius 2 is 2.26 bits per heavy atom. The van der Waals surface area contributed by atoms with Crippen LogP contribution in [0.4, 0.5) is 0 Å². The van der Waals surface area contributed by atoms with Crippen molar-refractivity contribution in [2.75, 3.05) is 20.3 Å². The molecule has 4 nitrogen and oxygen atoms in total. The second kappa shape index (κ2) is 8.52. The molecule has 1 atom stereocenters. The van der Waals surface area contributed by atoms with Crippen LogP contribution >= 0.6 is 0 Å². The molecule has 0 amide bonds. The van der Waals surface area contributed by atoms with Crippen LogP contribution in [-0.4, -0.2) is 25.4 Å². The molecule has 0 fully saturated rings. The number of aliphatic hydroxyl groups is 1. The molecule has 0 aliphatic carbocycles. The van der Waals surface area contributed by atoms with Crippen molar-refractivity contribution in [2.45, 2.75) is 26.3 Å². The zero-order valence-corrected chi connectivity index (χ0v) is 11.6. The van der Waals surface area contributed by atoms with E-state index in [9.17, 15) is 0 Å². The molecule has 2 N–H and O–H groups in total. The molecule has 0 aliphatic rings. The third-order valence-corrected chi connectivity index (χ3v) is 3.27. The first kappa shape index (κ1) is 15.5. The molecule has 4 heteroatoms. The van der Waals surface area contributed by atoms with Gasteiger partial charge >= 0.3 is 0 Å². The first-order valence-corrected chi connectivity index (χ1v) is 6.63. The lowest BCUT2D eigenvalue weighted by atomic mass is 10.0. The van der Waals surface area contributed by atoms with Crippen molar-refractivity contribution in [2.24, 2.45) is 5.92 Å². The molecule has 0 radical (unpaired) electrons. The molecule has 0 saturated carbocycles. The van der Waals surface area contributed by atoms with Gasteiger partial charge in [-0.3, -0.25) is 0 Å². The number of hydrogen-bond donors (Lipinski definition) is 2. The van der Waals surface area contributed by atoms with Crippen LogP contribution in [-0.2, 0) is 6.54 Å². The summed E-state index contributed by atoms with van der Waals surface area (Å²) < 4.78 is 5.29. The van der Waals surface area contributed by atoms with Gasteiger partial charge in [-0.2, -0.15) is 5.26 Å². The number of ether oxygens (including phenoxy) is 1. The van der Waals surface area contributed by atoms with Crippen LogP contribution in [0.1, 0.15) is 30.9 Å². The molecule has 0 bridgehead atoms. The zero-order chi connectivity index (χ0) is 14.1. The predicted octanol–water partition coefficient (Wildman–Crippen LogP) is 2.07. The first-order valence-electron chi connectivity index (χ1n) is 6.63. The number of rotatable bonds is 8. The van der Waals surface area contributed by atoms with Gasteiger partial charge in [0.05, 0.1) is 18.7 Å². The third-order valence-electron chi connectivity index (χ3n) is 3.27. The topological polar surface area (TPSA) is 65.3 Å². The Morgan fingerprint density at radius 3 is 2.84 bits per heavy atom. The largest absolute Gasteiger partial charge is 0.496 e. The molecular weight excluding hydrogens is 240 g/mol. The summed E-state index contributed by atoms with van der Waals surface area (Å²) in [5, 5.41) is 21.2. The minimum absolute atomic E-state index is 0.230. The first-order chi connectivity index (χ1) is 9.24. The maximum atomic E-state index is 8.95. The highest BCUT2D eigenvalue weighted by molar-refractivity contribution is 5.41. The summed E-state index contributed by atoms with van der Waals surface area (Å²) in [7, 11) is 1.63. The summed E-state index contributed by atoms with van der Waals surface area (Å²) >= 11 is 0. The average Bonchev–Trinajstić information content (AvgIpc) is 2.46. The van der Waals surface area contributed by atoms with Crippen LogP contribution < -0.4 is 10.1 Å². The van der Waals surface area contributed by atoms with Crippen LogP contribution in [0.3, 0.4) is 0 Å². The van der Waals surface area contributed by atoms with E-state index in [1.165, 1.54) is 0 Å². The van der Waals surface area contributed by atoms with E-state index in [1.54, 1.807) is 13.2 Å². The van der Waals surface area contributed by atoms with Gasteiger partial charge in [0.15, 0.2) is 0 Å². The van der Waals surface area contributed by atoms with Crippen LogP contribution in [0.15, 0.2) is 18.2 Å². The van der Waals surface area contributed by atoms with Gasteiger partial charge in [0.25, 0.3) is 0 Å². The third kappa shape index (κ3) is 4.90. The molecule has 104 valence electrons. The molecule has 0 spiro atoms. The Bertz CT molecular complexity index is 427. The molecule has 0 aromatic heterocycles. The normalized spacial score (nSPS) is 11.9. The molecule has 1 rings (SSSR count). The van der Waals surface area contributed by atoms with Crippen molar-refractivity contribution in [3.8, 4) is 11.8 Å². The van der Waals surface area contributed by atoms with Gasteiger partial charge in [0, 0.05) is 18.7 Å². The van der Waals surface area contributed by atoms with E-state index in [0.717, 1.165) is 30.7 Å². The Labute approximate surface area is 115 Å². The van der Waals surface area contributed by atoms with Crippen molar-refractivity contribution in [3.05, 3.63) is 29.3 Å². The molecule has 0 heterocycles. The maximum Gasteiger partial charge on any atom is 0.123 e. The lowest BCUT2D eigenvalue weighted by Crippen LogP contribution is -2.23. The fourth-order valence-electron chi connectivity index (χ4n) is 2.03. The highest BCUT2D eigenvalue weighted by Crippen LogP contribution is 2.19. The number of methoxy groups -OCH3 is 1. The van der Waals surface area contributed by atoms with Gasteiger partial charge < -0.3 is 15.2 Å². The van der Waals surface area contributed by atoms with Crippen LogP contribution in [0.2, 0.25) is 0 Å². The maximum absolute atomic E-state index is 8.95. The van der Waals surface area contributed by atoms with E-state index >= 15 is 0 Å². The monoisotopic (exact) mass is 262 g/mol. The van der Waals surface area contributed by atoms with E-state index in [2.05, 4.69) is 18.3 Å². The second-order valence-electron chi connectivity index (χ2n) is 4.56. The lowest BCUT2D eigenvalue weighted by molar-refractivity contribution is 0.251. The van der Waals surface area contributed by atoms with E-state index < -0.39 is 0 Å². The number of aliphatic hydroxyl groups excluding tert-OH is 1. The molecule has 1 aromatic carbocycles. The highest BCUT2D eigenvalue weighted by Gasteiger charge is 2.07. The standard InChI is InChI=1S/C15H22N2O2/c1-3-12(6-7-18)10-17-11-14-8-13(9-16)4-5-15(14)19-2/h4-5,8,12,17-18H,3,6-7,10-11H2,1-2H3. The minimum Gasteiger partial charge on any atom is -0.496 e. The number of nitrogens with one attached hydrogen (secondary N) is 1. The second-order valence-corrected chi connectivity index (χ2v) is 4.56. The summed E-state index contributed by atoms with van der Waals surface area (Å²) in [6.07, 6.45) is 1.86. The quantitative estimate of drug-likeness (QED) is 0.752. The van der Waals surface area contributed by atoms with Gasteiger partial charge in [-0.15, -0.1) is 0 Å². The number of nitrogens with zero attached hydrogens (tertiary/aromatic N) is 1. The zero-order valence-electron chi connectivity index (χ0n) is 11.6. The Morgan fingerprint density at radius 1 is 1.47 bits per heavy atom. The lowest BCUT2D eigenvalue weighted by Gasteiger charge is -2.15. The molecular formula is C15H22N2O2. The van der Waals surface area contributed by atoms with Gasteiger partial charge in [0.1, 0.15) is 5.75 Å². The van der Waals surface area contributed by atoms with Crippen molar-refractivity contribution < 1.29 is 9.84 Å². The fraction of sp³-hybridized carbons (Fsp3) is 0.533. The SMILES string of the molecule is CCC(CCO)CNCc1cc(C#N)ccc1OC. The summed E-state index contributed by atoms with van der Waals surface area (Å²) in [6, 6.07) is 7.55. The van der Waals surface area contributed by atoms with Crippen LogP contribution in [0.25, 0.3) is 0 Å². The van der Waals surface area contributed by atoms with Gasteiger partial charge in [-0.25, -0.2) is 0 Å². The molecule has 1 aromatic rings. The summed E-state index contributed by atoms with van der Waals surface area (Å²) in [4.78, 5) is 0. The highest BCUT2D eigenvalue weighted by atomic mass is 16.5. The summed E-state index contributed by atoms with van der Waals surface area (Å²) in [5.41, 5.74) is 1.63. The predicted molar refractivity (Wildman–Crippen MR) is 74.9 cm³/mol. The van der Waals surface area contributed by atoms with Crippen LogP contribution in [0.5, 0.6) is 5.75 Å². The number of benzene rings is 1. The van der Waals surface area contributed by atoms with E-state index in [1.807, 2.05) is 12.1 Å². The minimum atomic E-state index is 0.230. The molecule has 1 unspecified atom stereocenters. The van der Waals surface area contributed by atoms with Crippen molar-refractivity contribution in [1.29, 1.82) is 5.26 Å². The van der Waals surface area contributed by atoms with Gasteiger partial charge in [0.2, 0.25) is 0 Å². The Balaban J connectivity index is 2.59. The van der Waals surface area contributed by atoms with Crippen molar-refractivity contribution in [3.63, 3.8) is 0 Å². The van der Waals surface area contributed by atoms with E-state index in [4.69, 9.17) is 15.1 Å². The Hall–Kier alpha value is -1.57. The summed E-state index contributed by atoms with van der Waals surface area (Å²) in [6.45, 7) is 3.88. The molecule has 0 saturated heterocycles. The molecule has 0 aliphatic heterocycles. The van der Waals surface area contributed by atoms with Crippen molar-refractivity contribution in [1.82, 2.24) is 5.32 Å². The van der Waals surface area contributed by atoms with Gasteiger partial charge in [-0.05, 0) is 37.1 Å². The Kier molecular flexibility index (Phi) is 6.94. The fourth-order valence-corrected chi connectivity index (χ4v) is 2.03. The smallest absolute Gasteiger partial charge is 0.123 e. The number of hydrogen-bond acceptors (Lipinski definition) is 4. The number of nitriles is 1.